The van der Waals surface area contributed by atoms with Gasteiger partial charge < -0.3 is 11.1 Å². The number of piperidine rings is 1. The van der Waals surface area contributed by atoms with Gasteiger partial charge in [-0.15, -0.1) is 0 Å². The molecule has 0 bridgehead atoms. The van der Waals surface area contributed by atoms with E-state index in [0.717, 1.165) is 0 Å². The number of rotatable bonds is 5. The van der Waals surface area contributed by atoms with Gasteiger partial charge in [0.15, 0.2) is 0 Å². The van der Waals surface area contributed by atoms with E-state index in [2.05, 4.69) is 5.32 Å². The Morgan fingerprint density at radius 3 is 2.17 bits per heavy atom. The summed E-state index contributed by atoms with van der Waals surface area (Å²) in [6.45, 7) is 3.55. The Labute approximate surface area is 142 Å². The second-order valence-corrected chi connectivity index (χ2v) is 8.02. The fourth-order valence-corrected chi connectivity index (χ4v) is 4.34. The maximum absolute atomic E-state index is 12.7. The average molecular weight is 353 g/mol. The number of nitrogens with two attached hydrogens (primary N) is 1. The summed E-state index contributed by atoms with van der Waals surface area (Å²) in [5.74, 6) is -0.254. The summed E-state index contributed by atoms with van der Waals surface area (Å²) in [6.07, 6.45) is 1.15. The van der Waals surface area contributed by atoms with Crippen molar-refractivity contribution in [1.29, 1.82) is 0 Å². The predicted octanol–water partition coefficient (Wildman–Crippen LogP) is 0.962. The van der Waals surface area contributed by atoms with Gasteiger partial charge in [-0.05, 0) is 49.9 Å². The third kappa shape index (κ3) is 4.19. The van der Waals surface area contributed by atoms with Crippen LogP contribution in [-0.4, -0.2) is 43.5 Å². The van der Waals surface area contributed by atoms with Crippen LogP contribution < -0.4 is 11.1 Å². The summed E-state index contributed by atoms with van der Waals surface area (Å²) in [5, 5.41) is 2.60. The SMILES string of the molecule is CC(=O)Nc1ccc(S(=O)(=O)N2CCC(C(N)C(C)=O)CC2)cc1. The molecule has 1 saturated heterocycles. The van der Waals surface area contributed by atoms with Gasteiger partial charge in [-0.2, -0.15) is 4.31 Å². The van der Waals surface area contributed by atoms with Crippen LogP contribution in [0.5, 0.6) is 0 Å². The van der Waals surface area contributed by atoms with Crippen molar-refractivity contribution in [2.75, 3.05) is 18.4 Å². The van der Waals surface area contributed by atoms with E-state index in [0.29, 0.717) is 31.6 Å². The van der Waals surface area contributed by atoms with Crippen LogP contribution in [-0.2, 0) is 19.6 Å². The van der Waals surface area contributed by atoms with E-state index in [1.165, 1.54) is 30.3 Å². The van der Waals surface area contributed by atoms with Gasteiger partial charge in [-0.25, -0.2) is 8.42 Å². The lowest BCUT2D eigenvalue weighted by Gasteiger charge is -2.33. The van der Waals surface area contributed by atoms with Crippen LogP contribution in [0.15, 0.2) is 29.2 Å². The van der Waals surface area contributed by atoms with Crippen molar-refractivity contribution >= 4 is 27.4 Å². The molecule has 1 aromatic rings. The van der Waals surface area contributed by atoms with E-state index in [-0.39, 0.29) is 22.5 Å². The van der Waals surface area contributed by atoms with Crippen LogP contribution >= 0.6 is 0 Å². The molecule has 0 spiro atoms. The number of anilines is 1. The lowest BCUT2D eigenvalue weighted by Crippen LogP contribution is -2.45. The molecule has 1 aliphatic heterocycles. The smallest absolute Gasteiger partial charge is 0.243 e. The van der Waals surface area contributed by atoms with E-state index in [1.54, 1.807) is 12.1 Å². The monoisotopic (exact) mass is 353 g/mol. The Hall–Kier alpha value is -1.77. The van der Waals surface area contributed by atoms with Gasteiger partial charge >= 0.3 is 0 Å². The number of sulfonamides is 1. The second kappa shape index (κ2) is 7.42. The first-order chi connectivity index (χ1) is 11.2. The molecule has 8 heteroatoms. The number of amides is 1. The summed E-state index contributed by atoms with van der Waals surface area (Å²) in [6, 6.07) is 5.56. The third-order valence-electron chi connectivity index (χ3n) is 4.29. The zero-order valence-electron chi connectivity index (χ0n) is 13.9. The number of carbonyl (C=O) groups is 2. The second-order valence-electron chi connectivity index (χ2n) is 6.08. The first-order valence-electron chi connectivity index (χ1n) is 7.85. The minimum absolute atomic E-state index is 0.0242. The fourth-order valence-electron chi connectivity index (χ4n) is 2.87. The molecule has 1 aliphatic rings. The number of carbonyl (C=O) groups excluding carboxylic acids is 2. The van der Waals surface area contributed by atoms with Gasteiger partial charge in [0.05, 0.1) is 10.9 Å². The first-order valence-corrected chi connectivity index (χ1v) is 9.29. The maximum atomic E-state index is 12.7. The number of ketones is 1. The fraction of sp³-hybridized carbons (Fsp3) is 0.500. The largest absolute Gasteiger partial charge is 0.326 e. The van der Waals surface area contributed by atoms with Crippen molar-refractivity contribution in [2.45, 2.75) is 37.6 Å². The Morgan fingerprint density at radius 1 is 1.17 bits per heavy atom. The first kappa shape index (κ1) is 18.6. The highest BCUT2D eigenvalue weighted by atomic mass is 32.2. The molecule has 0 radical (unpaired) electrons. The quantitative estimate of drug-likeness (QED) is 0.819. The topological polar surface area (TPSA) is 110 Å². The van der Waals surface area contributed by atoms with Crippen LogP contribution in [0.1, 0.15) is 26.7 Å². The minimum atomic E-state index is -3.58. The van der Waals surface area contributed by atoms with Crippen molar-refractivity contribution in [2.24, 2.45) is 11.7 Å². The molecule has 3 N–H and O–H groups in total. The van der Waals surface area contributed by atoms with Gasteiger partial charge in [0.1, 0.15) is 5.78 Å². The molecule has 1 atom stereocenters. The number of nitrogens with one attached hydrogen (secondary N) is 1. The summed E-state index contributed by atoms with van der Waals surface area (Å²) in [4.78, 5) is 22.6. The number of nitrogens with zero attached hydrogens (tertiary/aromatic N) is 1. The number of benzene rings is 1. The molecular formula is C16H23N3O4S. The Kier molecular flexibility index (Phi) is 5.74. The van der Waals surface area contributed by atoms with Gasteiger partial charge in [0, 0.05) is 25.7 Å². The van der Waals surface area contributed by atoms with Crippen LogP contribution in [0.3, 0.4) is 0 Å². The highest BCUT2D eigenvalue weighted by Gasteiger charge is 2.32. The number of hydrogen-bond acceptors (Lipinski definition) is 5. The zero-order valence-corrected chi connectivity index (χ0v) is 14.7. The van der Waals surface area contributed by atoms with E-state index >= 15 is 0 Å². The minimum Gasteiger partial charge on any atom is -0.326 e. The highest BCUT2D eigenvalue weighted by Crippen LogP contribution is 2.26. The molecule has 1 amide bonds. The molecule has 0 aromatic heterocycles. The van der Waals surface area contributed by atoms with Crippen molar-refractivity contribution in [3.8, 4) is 0 Å². The Bertz CT molecular complexity index is 707. The number of hydrogen-bond donors (Lipinski definition) is 2. The summed E-state index contributed by atoms with van der Waals surface area (Å²) in [7, 11) is -3.58. The van der Waals surface area contributed by atoms with E-state index in [1.807, 2.05) is 0 Å². The van der Waals surface area contributed by atoms with E-state index < -0.39 is 16.1 Å². The average Bonchev–Trinajstić information content (AvgIpc) is 2.54. The van der Waals surface area contributed by atoms with Crippen molar-refractivity contribution < 1.29 is 18.0 Å². The zero-order chi connectivity index (χ0) is 17.9. The Morgan fingerprint density at radius 2 is 1.71 bits per heavy atom. The predicted molar refractivity (Wildman–Crippen MR) is 90.9 cm³/mol. The number of Topliss-reactive ketones (excluding diaryl/α,β-unsaturated/α-hetero) is 1. The van der Waals surface area contributed by atoms with Crippen LogP contribution in [0.2, 0.25) is 0 Å². The molecule has 132 valence electrons. The standard InChI is InChI=1S/C16H23N3O4S/c1-11(20)16(17)13-7-9-19(10-8-13)24(22,23)15-5-3-14(4-6-15)18-12(2)21/h3-6,13,16H,7-10,17H2,1-2H3,(H,18,21). The van der Waals surface area contributed by atoms with Gasteiger partial charge in [0.25, 0.3) is 0 Å². The van der Waals surface area contributed by atoms with Crippen molar-refractivity contribution in [3.05, 3.63) is 24.3 Å². The molecule has 1 aromatic carbocycles. The molecular weight excluding hydrogens is 330 g/mol. The molecule has 1 heterocycles. The van der Waals surface area contributed by atoms with Crippen LogP contribution in [0.4, 0.5) is 5.69 Å². The maximum Gasteiger partial charge on any atom is 0.243 e. The van der Waals surface area contributed by atoms with Gasteiger partial charge in [-0.3, -0.25) is 9.59 Å². The third-order valence-corrected chi connectivity index (χ3v) is 6.20. The van der Waals surface area contributed by atoms with Gasteiger partial charge in [-0.1, -0.05) is 0 Å². The van der Waals surface area contributed by atoms with Crippen molar-refractivity contribution in [1.82, 2.24) is 4.31 Å². The molecule has 0 aliphatic carbocycles. The van der Waals surface area contributed by atoms with Crippen LogP contribution in [0, 0.1) is 5.92 Å². The normalized spacial score (nSPS) is 18.1. The molecule has 0 saturated carbocycles. The van der Waals surface area contributed by atoms with E-state index in [9.17, 15) is 18.0 Å². The van der Waals surface area contributed by atoms with Gasteiger partial charge in [0.2, 0.25) is 15.9 Å². The summed E-state index contributed by atoms with van der Waals surface area (Å²) >= 11 is 0. The molecule has 24 heavy (non-hydrogen) atoms. The lowest BCUT2D eigenvalue weighted by atomic mass is 9.89. The Balaban J connectivity index is 2.06. The molecule has 1 unspecified atom stereocenters. The van der Waals surface area contributed by atoms with Crippen LogP contribution in [0.25, 0.3) is 0 Å². The summed E-state index contributed by atoms with van der Waals surface area (Å²) in [5.41, 5.74) is 6.41. The molecule has 1 fully saturated rings. The van der Waals surface area contributed by atoms with E-state index in [4.69, 9.17) is 5.73 Å². The molecule has 2 rings (SSSR count). The molecule has 7 nitrogen and oxygen atoms in total. The summed E-state index contributed by atoms with van der Waals surface area (Å²) < 4.78 is 26.8. The highest BCUT2D eigenvalue weighted by molar-refractivity contribution is 7.89. The lowest BCUT2D eigenvalue weighted by molar-refractivity contribution is -0.119. The van der Waals surface area contributed by atoms with Crippen molar-refractivity contribution in [3.63, 3.8) is 0 Å².